The van der Waals surface area contributed by atoms with Gasteiger partial charge in [-0.1, -0.05) is 19.3 Å². The third-order valence-corrected chi connectivity index (χ3v) is 5.40. The summed E-state index contributed by atoms with van der Waals surface area (Å²) in [6, 6.07) is 0.553. The molecule has 14 heavy (non-hydrogen) atoms. The van der Waals surface area contributed by atoms with Gasteiger partial charge in [-0.2, -0.15) is 0 Å². The molecule has 1 heterocycles. The van der Waals surface area contributed by atoms with Crippen molar-refractivity contribution in [2.24, 2.45) is 0 Å². The molecule has 0 aromatic heterocycles. The summed E-state index contributed by atoms with van der Waals surface area (Å²) >= 11 is 0. The van der Waals surface area contributed by atoms with Crippen LogP contribution >= 0.6 is 0 Å². The fourth-order valence-corrected chi connectivity index (χ4v) is 4.37. The van der Waals surface area contributed by atoms with E-state index in [1.54, 1.807) is 0 Å². The van der Waals surface area contributed by atoms with E-state index in [0.717, 1.165) is 12.3 Å². The van der Waals surface area contributed by atoms with Crippen molar-refractivity contribution in [1.29, 1.82) is 0 Å². The Hall–Kier alpha value is 0.110. The average Bonchev–Trinajstić information content (AvgIpc) is 2.72. The van der Waals surface area contributed by atoms with Crippen molar-refractivity contribution in [2.75, 3.05) is 12.3 Å². The Morgan fingerprint density at radius 2 is 1.86 bits per heavy atom. The van der Waals surface area contributed by atoms with Gasteiger partial charge in [-0.25, -0.2) is 0 Å². The molecule has 0 aromatic carbocycles. The van der Waals surface area contributed by atoms with Crippen molar-refractivity contribution in [3.63, 3.8) is 0 Å². The number of nitrogens with one attached hydrogen (secondary N) is 1. The van der Waals surface area contributed by atoms with Crippen LogP contribution in [0.1, 0.15) is 44.9 Å². The molecule has 1 unspecified atom stereocenters. The predicted molar refractivity (Wildman–Crippen MR) is 60.9 cm³/mol. The third kappa shape index (κ3) is 2.80. The molecular weight excluding hydrogens is 194 g/mol. The highest BCUT2D eigenvalue weighted by Gasteiger charge is 2.23. The fraction of sp³-hybridized carbons (Fsp3) is 1.00. The van der Waals surface area contributed by atoms with E-state index in [9.17, 15) is 4.21 Å². The molecule has 0 spiro atoms. The van der Waals surface area contributed by atoms with E-state index in [1.807, 2.05) is 0 Å². The Kier molecular flexibility index (Phi) is 3.99. The molecule has 2 atom stereocenters. The van der Waals surface area contributed by atoms with Gasteiger partial charge in [-0.05, 0) is 32.2 Å². The van der Waals surface area contributed by atoms with Gasteiger partial charge in [0, 0.05) is 27.8 Å². The van der Waals surface area contributed by atoms with Gasteiger partial charge in [-0.3, -0.25) is 4.21 Å². The van der Waals surface area contributed by atoms with Gasteiger partial charge in [0.05, 0.1) is 0 Å². The van der Waals surface area contributed by atoms with Gasteiger partial charge in [0.25, 0.3) is 0 Å². The van der Waals surface area contributed by atoms with Crippen molar-refractivity contribution < 1.29 is 4.21 Å². The van der Waals surface area contributed by atoms with E-state index in [2.05, 4.69) is 5.32 Å². The van der Waals surface area contributed by atoms with Crippen LogP contribution in [0.25, 0.3) is 0 Å². The Balaban J connectivity index is 1.75. The summed E-state index contributed by atoms with van der Waals surface area (Å²) in [5, 5.41) is 3.95. The summed E-state index contributed by atoms with van der Waals surface area (Å²) in [4.78, 5) is 0. The second-order valence-electron chi connectivity index (χ2n) is 4.60. The van der Waals surface area contributed by atoms with Gasteiger partial charge < -0.3 is 5.32 Å². The highest BCUT2D eigenvalue weighted by atomic mass is 32.2. The molecule has 0 aromatic rings. The largest absolute Gasteiger partial charge is 0.313 e. The van der Waals surface area contributed by atoms with Crippen LogP contribution in [0.3, 0.4) is 0 Å². The van der Waals surface area contributed by atoms with E-state index in [1.165, 1.54) is 44.9 Å². The molecule has 1 aliphatic carbocycles. The van der Waals surface area contributed by atoms with Crippen LogP contribution in [0.2, 0.25) is 0 Å². The van der Waals surface area contributed by atoms with E-state index in [-0.39, 0.29) is 0 Å². The normalized spacial score (nSPS) is 31.9. The molecule has 3 heteroatoms. The molecule has 2 rings (SSSR count). The van der Waals surface area contributed by atoms with Crippen LogP contribution < -0.4 is 5.32 Å². The lowest BCUT2D eigenvalue weighted by Crippen LogP contribution is -2.32. The summed E-state index contributed by atoms with van der Waals surface area (Å²) in [5.41, 5.74) is 0. The first-order valence-corrected chi connectivity index (χ1v) is 7.35. The second kappa shape index (κ2) is 5.26. The van der Waals surface area contributed by atoms with Crippen LogP contribution in [0.5, 0.6) is 0 Å². The lowest BCUT2D eigenvalue weighted by Gasteiger charge is -2.22. The molecule has 0 bridgehead atoms. The van der Waals surface area contributed by atoms with E-state index >= 15 is 0 Å². The predicted octanol–water partition coefficient (Wildman–Crippen LogP) is 1.82. The number of rotatable bonds is 3. The Morgan fingerprint density at radius 3 is 2.50 bits per heavy atom. The van der Waals surface area contributed by atoms with E-state index < -0.39 is 10.8 Å². The van der Waals surface area contributed by atoms with Crippen molar-refractivity contribution >= 4 is 10.8 Å². The van der Waals surface area contributed by atoms with E-state index in [0.29, 0.717) is 11.3 Å². The molecule has 82 valence electrons. The maximum Gasteiger partial charge on any atom is 0.0391 e. The molecule has 0 radical (unpaired) electrons. The topological polar surface area (TPSA) is 29.1 Å². The minimum Gasteiger partial charge on any atom is -0.313 e. The molecule has 2 fully saturated rings. The minimum absolute atomic E-state index is 0.520. The van der Waals surface area contributed by atoms with Crippen LogP contribution in [0, 0.1) is 0 Å². The smallest absolute Gasteiger partial charge is 0.0391 e. The first-order valence-electron chi connectivity index (χ1n) is 5.97. The molecule has 2 aliphatic rings. The first kappa shape index (κ1) is 10.6. The molecule has 2 nitrogen and oxygen atoms in total. The van der Waals surface area contributed by atoms with Crippen LogP contribution in [-0.2, 0) is 10.8 Å². The Morgan fingerprint density at radius 1 is 1.07 bits per heavy atom. The van der Waals surface area contributed by atoms with Crippen molar-refractivity contribution in [1.82, 2.24) is 5.32 Å². The molecule has 1 saturated carbocycles. The van der Waals surface area contributed by atoms with E-state index in [4.69, 9.17) is 0 Å². The van der Waals surface area contributed by atoms with Crippen molar-refractivity contribution in [3.8, 4) is 0 Å². The lowest BCUT2D eigenvalue weighted by atomic mass is 10.0. The minimum atomic E-state index is -0.559. The fourth-order valence-electron chi connectivity index (χ4n) is 2.56. The zero-order valence-corrected chi connectivity index (χ0v) is 9.65. The summed E-state index contributed by atoms with van der Waals surface area (Å²) in [6.07, 6.45) is 8.88. The molecule has 1 saturated heterocycles. The van der Waals surface area contributed by atoms with Crippen molar-refractivity contribution in [3.05, 3.63) is 0 Å². The summed E-state index contributed by atoms with van der Waals surface area (Å²) < 4.78 is 12.0. The Labute approximate surface area is 89.3 Å². The first-order chi connectivity index (χ1) is 6.86. The quantitative estimate of drug-likeness (QED) is 0.778. The summed E-state index contributed by atoms with van der Waals surface area (Å²) in [7, 11) is -0.559. The molecule has 1 aliphatic heterocycles. The van der Waals surface area contributed by atoms with Crippen molar-refractivity contribution in [2.45, 2.75) is 56.2 Å². The van der Waals surface area contributed by atoms with Crippen LogP contribution in [0.4, 0.5) is 0 Å². The lowest BCUT2D eigenvalue weighted by molar-refractivity contribution is 0.502. The molecular formula is C11H21NOS. The monoisotopic (exact) mass is 215 g/mol. The highest BCUT2D eigenvalue weighted by Crippen LogP contribution is 2.23. The van der Waals surface area contributed by atoms with Gasteiger partial charge in [0.2, 0.25) is 0 Å². The SMILES string of the molecule is O=S(C[C@H]1CCCN1)C1CCCCC1. The van der Waals surface area contributed by atoms with Gasteiger partial charge >= 0.3 is 0 Å². The maximum atomic E-state index is 12.0. The molecule has 1 N–H and O–H groups in total. The number of hydrogen-bond acceptors (Lipinski definition) is 2. The highest BCUT2D eigenvalue weighted by molar-refractivity contribution is 7.85. The second-order valence-corrected chi connectivity index (χ2v) is 6.36. The van der Waals surface area contributed by atoms with Gasteiger partial charge in [0.15, 0.2) is 0 Å². The Bertz CT molecular complexity index is 195. The standard InChI is InChI=1S/C11H21NOS/c13-14(9-10-5-4-8-12-10)11-6-2-1-3-7-11/h10-12H,1-9H2/t10-,14?/m1/s1. The maximum absolute atomic E-state index is 12.0. The number of hydrogen-bond donors (Lipinski definition) is 1. The van der Waals surface area contributed by atoms with Gasteiger partial charge in [-0.15, -0.1) is 0 Å². The van der Waals surface area contributed by atoms with Crippen LogP contribution in [0.15, 0.2) is 0 Å². The van der Waals surface area contributed by atoms with Crippen LogP contribution in [-0.4, -0.2) is 27.8 Å². The molecule has 0 amide bonds. The zero-order valence-electron chi connectivity index (χ0n) is 8.84. The zero-order chi connectivity index (χ0) is 9.80. The summed E-state index contributed by atoms with van der Waals surface area (Å²) in [6.45, 7) is 1.13. The third-order valence-electron chi connectivity index (χ3n) is 3.45. The average molecular weight is 215 g/mol. The van der Waals surface area contributed by atoms with Gasteiger partial charge in [0.1, 0.15) is 0 Å². The summed E-state index contributed by atoms with van der Waals surface area (Å²) in [5.74, 6) is 0.907.